The van der Waals surface area contributed by atoms with Crippen LogP contribution in [-0.4, -0.2) is 78.2 Å². The van der Waals surface area contributed by atoms with E-state index in [9.17, 15) is 14.4 Å². The second-order valence-electron chi connectivity index (χ2n) is 6.75. The molecule has 1 saturated heterocycles. The van der Waals surface area contributed by atoms with Crippen LogP contribution in [0.5, 0.6) is 0 Å². The molecule has 0 unspecified atom stereocenters. The summed E-state index contributed by atoms with van der Waals surface area (Å²) in [6.45, 7) is 10.1. The Bertz CT molecular complexity index is 656. The van der Waals surface area contributed by atoms with Crippen LogP contribution in [0.2, 0.25) is 0 Å². The van der Waals surface area contributed by atoms with E-state index in [1.54, 1.807) is 29.2 Å². The van der Waals surface area contributed by atoms with Crippen LogP contribution in [0.1, 0.15) is 37.6 Å². The van der Waals surface area contributed by atoms with Gasteiger partial charge in [-0.25, -0.2) is 4.79 Å². The third-order valence-electron chi connectivity index (χ3n) is 4.89. The van der Waals surface area contributed by atoms with Gasteiger partial charge in [-0.15, -0.1) is 0 Å². The fourth-order valence-corrected chi connectivity index (χ4v) is 3.19. The Morgan fingerprint density at radius 1 is 1.00 bits per heavy atom. The lowest BCUT2D eigenvalue weighted by molar-refractivity contribution is -0.132. The van der Waals surface area contributed by atoms with Gasteiger partial charge in [0, 0.05) is 50.5 Å². The van der Waals surface area contributed by atoms with Crippen molar-refractivity contribution >= 4 is 23.4 Å². The summed E-state index contributed by atoms with van der Waals surface area (Å²) in [7, 11) is 0. The summed E-state index contributed by atoms with van der Waals surface area (Å²) < 4.78 is 0. The van der Waals surface area contributed by atoms with Gasteiger partial charge < -0.3 is 15.1 Å². The van der Waals surface area contributed by atoms with Crippen LogP contribution in [0.15, 0.2) is 24.3 Å². The maximum atomic E-state index is 12.5. The molecule has 1 aromatic rings. The molecule has 1 aliphatic heterocycles. The lowest BCUT2D eigenvalue weighted by Crippen LogP contribution is -2.42. The van der Waals surface area contributed by atoms with Gasteiger partial charge in [-0.05, 0) is 51.5 Å². The number of hydrogen-bond donors (Lipinski definition) is 1. The van der Waals surface area contributed by atoms with Crippen molar-refractivity contribution in [3.05, 3.63) is 29.8 Å². The summed E-state index contributed by atoms with van der Waals surface area (Å²) in [5.41, 5.74) is 1.29. The lowest BCUT2D eigenvalue weighted by Gasteiger charge is -2.25. The number of anilines is 1. The SMILES string of the molecule is CCN(CC)C(=O)CN1CCCN(C(=O)Nc2ccc(C(C)=O)cc2)CC1. The van der Waals surface area contributed by atoms with Crippen LogP contribution >= 0.6 is 0 Å². The van der Waals surface area contributed by atoms with Gasteiger partial charge in [-0.2, -0.15) is 0 Å². The minimum Gasteiger partial charge on any atom is -0.342 e. The number of nitrogens with one attached hydrogen (secondary N) is 1. The van der Waals surface area contributed by atoms with Crippen molar-refractivity contribution in [3.63, 3.8) is 0 Å². The molecule has 7 heteroatoms. The number of benzene rings is 1. The predicted octanol–water partition coefficient (Wildman–Crippen LogP) is 2.30. The van der Waals surface area contributed by atoms with Gasteiger partial charge in [0.25, 0.3) is 0 Å². The summed E-state index contributed by atoms with van der Waals surface area (Å²) in [6.07, 6.45) is 0.836. The van der Waals surface area contributed by atoms with Gasteiger partial charge in [0.2, 0.25) is 5.91 Å². The molecule has 1 aromatic carbocycles. The normalized spacial score (nSPS) is 15.1. The van der Waals surface area contributed by atoms with Crippen molar-refractivity contribution in [1.29, 1.82) is 0 Å². The number of nitrogens with zero attached hydrogens (tertiary/aromatic N) is 3. The standard InChI is InChI=1S/C20H30N4O3/c1-4-23(5-2)19(26)15-22-11-6-12-24(14-13-22)20(27)21-18-9-7-17(8-10-18)16(3)25/h7-10H,4-6,11-15H2,1-3H3,(H,21,27). The molecule has 0 aromatic heterocycles. The van der Waals surface area contributed by atoms with Crippen LogP contribution in [0.3, 0.4) is 0 Å². The molecule has 7 nitrogen and oxygen atoms in total. The molecular weight excluding hydrogens is 344 g/mol. The number of hydrogen-bond acceptors (Lipinski definition) is 4. The molecular formula is C20H30N4O3. The quantitative estimate of drug-likeness (QED) is 0.776. The van der Waals surface area contributed by atoms with Crippen molar-refractivity contribution < 1.29 is 14.4 Å². The average molecular weight is 374 g/mol. The first-order valence-electron chi connectivity index (χ1n) is 9.61. The highest BCUT2D eigenvalue weighted by Gasteiger charge is 2.21. The van der Waals surface area contributed by atoms with E-state index in [2.05, 4.69) is 10.2 Å². The Kier molecular flexibility index (Phi) is 7.79. The van der Waals surface area contributed by atoms with Gasteiger partial charge >= 0.3 is 6.03 Å². The molecule has 1 fully saturated rings. The molecule has 3 amide bonds. The number of rotatable bonds is 6. The van der Waals surface area contributed by atoms with Crippen LogP contribution in [0.4, 0.5) is 10.5 Å². The maximum Gasteiger partial charge on any atom is 0.321 e. The molecule has 1 heterocycles. The average Bonchev–Trinajstić information content (AvgIpc) is 2.89. The Balaban J connectivity index is 1.86. The lowest BCUT2D eigenvalue weighted by atomic mass is 10.1. The number of likely N-dealkylation sites (N-methyl/N-ethyl adjacent to an activating group) is 1. The molecule has 1 aliphatic rings. The zero-order valence-corrected chi connectivity index (χ0v) is 16.5. The van der Waals surface area contributed by atoms with E-state index in [0.717, 1.165) is 26.1 Å². The molecule has 0 bridgehead atoms. The summed E-state index contributed by atoms with van der Waals surface area (Å²) in [6, 6.07) is 6.74. The van der Waals surface area contributed by atoms with E-state index in [0.29, 0.717) is 37.4 Å². The van der Waals surface area contributed by atoms with Crippen LogP contribution in [0, 0.1) is 0 Å². The number of urea groups is 1. The molecule has 0 saturated carbocycles. The fourth-order valence-electron chi connectivity index (χ4n) is 3.19. The second kappa shape index (κ2) is 10.1. The third-order valence-corrected chi connectivity index (χ3v) is 4.89. The zero-order valence-electron chi connectivity index (χ0n) is 16.5. The molecule has 1 N–H and O–H groups in total. The van der Waals surface area contributed by atoms with E-state index >= 15 is 0 Å². The molecule has 0 spiro atoms. The summed E-state index contributed by atoms with van der Waals surface area (Å²) >= 11 is 0. The number of carbonyl (C=O) groups excluding carboxylic acids is 3. The van der Waals surface area contributed by atoms with Crippen molar-refractivity contribution in [2.24, 2.45) is 0 Å². The van der Waals surface area contributed by atoms with Gasteiger partial charge in [0.05, 0.1) is 6.54 Å². The van der Waals surface area contributed by atoms with Crippen LogP contribution in [0.25, 0.3) is 0 Å². The number of Topliss-reactive ketones (excluding diaryl/α,β-unsaturated/α-hetero) is 1. The van der Waals surface area contributed by atoms with Gasteiger partial charge in [-0.1, -0.05) is 0 Å². The molecule has 27 heavy (non-hydrogen) atoms. The fraction of sp³-hybridized carbons (Fsp3) is 0.550. The highest BCUT2D eigenvalue weighted by atomic mass is 16.2. The number of ketones is 1. The highest BCUT2D eigenvalue weighted by Crippen LogP contribution is 2.12. The molecule has 0 atom stereocenters. The number of amides is 3. The Morgan fingerprint density at radius 3 is 2.26 bits per heavy atom. The Morgan fingerprint density at radius 2 is 1.67 bits per heavy atom. The smallest absolute Gasteiger partial charge is 0.321 e. The molecule has 2 rings (SSSR count). The molecule has 0 radical (unpaired) electrons. The van der Waals surface area contributed by atoms with Gasteiger partial charge in [0.15, 0.2) is 5.78 Å². The van der Waals surface area contributed by atoms with E-state index in [1.165, 1.54) is 6.92 Å². The topological polar surface area (TPSA) is 73.0 Å². The van der Waals surface area contributed by atoms with Crippen molar-refractivity contribution in [2.75, 3.05) is 51.1 Å². The first kappa shape index (κ1) is 20.9. The number of carbonyl (C=O) groups is 3. The molecule has 0 aliphatic carbocycles. The van der Waals surface area contributed by atoms with Crippen molar-refractivity contribution in [3.8, 4) is 0 Å². The van der Waals surface area contributed by atoms with E-state index < -0.39 is 0 Å². The van der Waals surface area contributed by atoms with Crippen LogP contribution in [-0.2, 0) is 4.79 Å². The van der Waals surface area contributed by atoms with Crippen molar-refractivity contribution in [1.82, 2.24) is 14.7 Å². The predicted molar refractivity (Wildman–Crippen MR) is 106 cm³/mol. The van der Waals surface area contributed by atoms with E-state index in [-0.39, 0.29) is 17.7 Å². The maximum absolute atomic E-state index is 12.5. The van der Waals surface area contributed by atoms with Crippen LogP contribution < -0.4 is 5.32 Å². The zero-order chi connectivity index (χ0) is 19.8. The summed E-state index contributed by atoms with van der Waals surface area (Å²) in [5, 5.41) is 2.88. The monoisotopic (exact) mass is 374 g/mol. The Hall–Kier alpha value is -2.41. The van der Waals surface area contributed by atoms with Crippen molar-refractivity contribution in [2.45, 2.75) is 27.2 Å². The third kappa shape index (κ3) is 6.06. The minimum atomic E-state index is -0.150. The van der Waals surface area contributed by atoms with E-state index in [4.69, 9.17) is 0 Å². The highest BCUT2D eigenvalue weighted by molar-refractivity contribution is 5.95. The van der Waals surface area contributed by atoms with Gasteiger partial charge in [-0.3, -0.25) is 14.5 Å². The summed E-state index contributed by atoms with van der Waals surface area (Å²) in [4.78, 5) is 41.9. The first-order valence-corrected chi connectivity index (χ1v) is 9.61. The second-order valence-corrected chi connectivity index (χ2v) is 6.75. The summed E-state index contributed by atoms with van der Waals surface area (Å²) in [5.74, 6) is 0.142. The molecule has 148 valence electrons. The first-order chi connectivity index (χ1) is 12.9. The minimum absolute atomic E-state index is 0.000236. The van der Waals surface area contributed by atoms with E-state index in [1.807, 2.05) is 18.7 Å². The largest absolute Gasteiger partial charge is 0.342 e. The van der Waals surface area contributed by atoms with Gasteiger partial charge in [0.1, 0.15) is 0 Å². The Labute approximate surface area is 161 Å².